The van der Waals surface area contributed by atoms with E-state index in [-0.39, 0.29) is 5.60 Å². The van der Waals surface area contributed by atoms with Gasteiger partial charge in [0, 0.05) is 17.9 Å². The first-order valence-electron chi connectivity index (χ1n) is 7.12. The average molecular weight is 283 g/mol. The number of rotatable bonds is 7. The Kier molecular flexibility index (Phi) is 4.98. The highest BCUT2D eigenvalue weighted by Gasteiger charge is 2.32. The second kappa shape index (κ2) is 6.51. The molecule has 0 atom stereocenters. The maximum Gasteiger partial charge on any atom is 0.165 e. The van der Waals surface area contributed by atoms with Crippen LogP contribution in [0.25, 0.3) is 0 Å². The molecule has 19 heavy (non-hydrogen) atoms. The van der Waals surface area contributed by atoms with Gasteiger partial charge in [-0.05, 0) is 32.8 Å². The van der Waals surface area contributed by atoms with Crippen LogP contribution in [0.5, 0.6) is 11.5 Å². The molecular weight excluding hydrogens is 260 g/mol. The molecule has 1 heterocycles. The zero-order chi connectivity index (χ0) is 13.7. The molecule has 3 heteroatoms. The van der Waals surface area contributed by atoms with Gasteiger partial charge in [-0.2, -0.15) is 0 Å². The van der Waals surface area contributed by atoms with Gasteiger partial charge < -0.3 is 9.47 Å². The minimum atomic E-state index is -0.109. The summed E-state index contributed by atoms with van der Waals surface area (Å²) in [4.78, 5) is 0. The molecule has 0 amide bonds. The number of ether oxygens (including phenoxy) is 2. The fraction of sp³-hybridized carbons (Fsp3) is 0.625. The van der Waals surface area contributed by atoms with E-state index in [0.29, 0.717) is 0 Å². The number of benzene rings is 1. The molecule has 1 aromatic rings. The van der Waals surface area contributed by atoms with Crippen LogP contribution in [0.1, 0.15) is 45.1 Å². The summed E-state index contributed by atoms with van der Waals surface area (Å²) in [5, 5.41) is 0. The molecule has 0 fully saturated rings. The summed E-state index contributed by atoms with van der Waals surface area (Å²) in [6.45, 7) is 4.98. The van der Waals surface area contributed by atoms with E-state index in [2.05, 4.69) is 19.9 Å². The van der Waals surface area contributed by atoms with Gasteiger partial charge in [0.1, 0.15) is 5.60 Å². The van der Waals surface area contributed by atoms with E-state index in [1.807, 2.05) is 12.1 Å². The van der Waals surface area contributed by atoms with Crippen molar-refractivity contribution >= 4 is 11.6 Å². The SMILES string of the molecule is CC1(C)Cc2cccc(OCCCCCCCl)c2O1. The number of unbranched alkanes of at least 4 members (excludes halogenated alkanes) is 3. The molecule has 1 aliphatic heterocycles. The highest BCUT2D eigenvalue weighted by atomic mass is 35.5. The maximum atomic E-state index is 5.98. The molecule has 0 saturated carbocycles. The van der Waals surface area contributed by atoms with Crippen molar-refractivity contribution in [3.63, 3.8) is 0 Å². The molecule has 106 valence electrons. The molecule has 2 nitrogen and oxygen atoms in total. The van der Waals surface area contributed by atoms with Gasteiger partial charge in [0.2, 0.25) is 0 Å². The topological polar surface area (TPSA) is 18.5 Å². The van der Waals surface area contributed by atoms with Crippen molar-refractivity contribution in [2.24, 2.45) is 0 Å². The number of alkyl halides is 1. The van der Waals surface area contributed by atoms with Crippen LogP contribution in [0.15, 0.2) is 18.2 Å². The standard InChI is InChI=1S/C16H23ClO2/c1-16(2)12-13-8-7-9-14(15(13)19-16)18-11-6-4-3-5-10-17/h7-9H,3-6,10-12H2,1-2H3. The summed E-state index contributed by atoms with van der Waals surface area (Å²) < 4.78 is 11.8. The molecule has 0 spiro atoms. The van der Waals surface area contributed by atoms with Crippen LogP contribution in [-0.4, -0.2) is 18.1 Å². The molecule has 0 unspecified atom stereocenters. The van der Waals surface area contributed by atoms with Gasteiger partial charge in [-0.25, -0.2) is 0 Å². The zero-order valence-corrected chi connectivity index (χ0v) is 12.6. The zero-order valence-electron chi connectivity index (χ0n) is 11.9. The van der Waals surface area contributed by atoms with E-state index in [1.54, 1.807) is 0 Å². The summed E-state index contributed by atoms with van der Waals surface area (Å²) >= 11 is 5.65. The Morgan fingerprint density at radius 1 is 1.21 bits per heavy atom. The van der Waals surface area contributed by atoms with Crippen LogP contribution in [0.4, 0.5) is 0 Å². The monoisotopic (exact) mass is 282 g/mol. The molecule has 0 aromatic heterocycles. The predicted octanol–water partition coefficient (Wildman–Crippen LogP) is 4.58. The van der Waals surface area contributed by atoms with E-state index in [1.165, 1.54) is 18.4 Å². The van der Waals surface area contributed by atoms with E-state index in [0.717, 1.165) is 43.2 Å². The third kappa shape index (κ3) is 4.04. The highest BCUT2D eigenvalue weighted by molar-refractivity contribution is 6.17. The minimum Gasteiger partial charge on any atom is -0.490 e. The number of para-hydroxylation sites is 1. The van der Waals surface area contributed by atoms with Crippen molar-refractivity contribution in [3.8, 4) is 11.5 Å². The fourth-order valence-electron chi connectivity index (χ4n) is 2.43. The average Bonchev–Trinajstić information content (AvgIpc) is 2.68. The van der Waals surface area contributed by atoms with E-state index in [4.69, 9.17) is 21.1 Å². The van der Waals surface area contributed by atoms with Crippen molar-refractivity contribution < 1.29 is 9.47 Å². The number of hydrogen-bond acceptors (Lipinski definition) is 2. The van der Waals surface area contributed by atoms with Gasteiger partial charge in [0.25, 0.3) is 0 Å². The van der Waals surface area contributed by atoms with Crippen molar-refractivity contribution in [2.45, 2.75) is 51.6 Å². The van der Waals surface area contributed by atoms with Gasteiger partial charge in [0.15, 0.2) is 11.5 Å². The van der Waals surface area contributed by atoms with E-state index < -0.39 is 0 Å². The quantitative estimate of drug-likeness (QED) is 0.538. The predicted molar refractivity (Wildman–Crippen MR) is 79.5 cm³/mol. The van der Waals surface area contributed by atoms with Crippen LogP contribution in [0, 0.1) is 0 Å². The second-order valence-corrected chi connectivity index (χ2v) is 6.11. The lowest BCUT2D eigenvalue weighted by atomic mass is 10.0. The molecule has 0 saturated heterocycles. The van der Waals surface area contributed by atoms with Gasteiger partial charge in [0.05, 0.1) is 6.61 Å². The van der Waals surface area contributed by atoms with Crippen molar-refractivity contribution in [3.05, 3.63) is 23.8 Å². The molecule has 0 N–H and O–H groups in total. The molecule has 0 radical (unpaired) electrons. The highest BCUT2D eigenvalue weighted by Crippen LogP contribution is 2.41. The van der Waals surface area contributed by atoms with Crippen LogP contribution in [-0.2, 0) is 6.42 Å². The second-order valence-electron chi connectivity index (χ2n) is 5.73. The normalized spacial score (nSPS) is 15.9. The van der Waals surface area contributed by atoms with Crippen LogP contribution in [0.2, 0.25) is 0 Å². The smallest absolute Gasteiger partial charge is 0.165 e. The minimum absolute atomic E-state index is 0.109. The largest absolute Gasteiger partial charge is 0.490 e. The van der Waals surface area contributed by atoms with Crippen molar-refractivity contribution in [1.29, 1.82) is 0 Å². The Morgan fingerprint density at radius 2 is 2.00 bits per heavy atom. The first-order chi connectivity index (χ1) is 9.12. The third-order valence-electron chi connectivity index (χ3n) is 3.34. The maximum absolute atomic E-state index is 5.98. The summed E-state index contributed by atoms with van der Waals surface area (Å²) in [7, 11) is 0. The van der Waals surface area contributed by atoms with Gasteiger partial charge in [-0.3, -0.25) is 0 Å². The van der Waals surface area contributed by atoms with Gasteiger partial charge in [-0.1, -0.05) is 25.0 Å². The first-order valence-corrected chi connectivity index (χ1v) is 7.65. The molecule has 0 aliphatic carbocycles. The first kappa shape index (κ1) is 14.5. The Morgan fingerprint density at radius 3 is 2.79 bits per heavy atom. The summed E-state index contributed by atoms with van der Waals surface area (Å²) in [6.07, 6.45) is 5.48. The lowest BCUT2D eigenvalue weighted by Gasteiger charge is -2.18. The van der Waals surface area contributed by atoms with Gasteiger partial charge in [-0.15, -0.1) is 11.6 Å². The molecule has 0 bridgehead atoms. The Hall–Kier alpha value is -0.890. The molecule has 2 rings (SSSR count). The van der Waals surface area contributed by atoms with E-state index in [9.17, 15) is 0 Å². The number of halogens is 1. The van der Waals surface area contributed by atoms with Crippen LogP contribution in [0.3, 0.4) is 0 Å². The van der Waals surface area contributed by atoms with Crippen LogP contribution >= 0.6 is 11.6 Å². The summed E-state index contributed by atoms with van der Waals surface area (Å²) in [5.41, 5.74) is 1.15. The number of fused-ring (bicyclic) bond motifs is 1. The molecule has 1 aliphatic rings. The Balaban J connectivity index is 1.84. The molecule has 1 aromatic carbocycles. The van der Waals surface area contributed by atoms with Gasteiger partial charge >= 0.3 is 0 Å². The lowest BCUT2D eigenvalue weighted by Crippen LogP contribution is -2.24. The fourth-order valence-corrected chi connectivity index (χ4v) is 2.62. The van der Waals surface area contributed by atoms with E-state index >= 15 is 0 Å². The molecular formula is C16H23ClO2. The summed E-state index contributed by atoms with van der Waals surface area (Å²) in [6, 6.07) is 6.17. The number of hydrogen-bond donors (Lipinski definition) is 0. The third-order valence-corrected chi connectivity index (χ3v) is 3.61. The lowest BCUT2D eigenvalue weighted by molar-refractivity contribution is 0.132. The Labute approximate surface area is 121 Å². The van der Waals surface area contributed by atoms with Crippen molar-refractivity contribution in [2.75, 3.05) is 12.5 Å². The summed E-state index contributed by atoms with van der Waals surface area (Å²) in [5.74, 6) is 2.59. The van der Waals surface area contributed by atoms with Crippen molar-refractivity contribution in [1.82, 2.24) is 0 Å². The Bertz CT molecular complexity index is 415. The van der Waals surface area contributed by atoms with Crippen LogP contribution < -0.4 is 9.47 Å².